The number of anilines is 1. The highest BCUT2D eigenvalue weighted by molar-refractivity contribution is 7.13. The SMILES string of the molecule is O=C(Nc1ccccc1-c1cccs1)C1Cc2ccccc2O1. The predicted molar refractivity (Wildman–Crippen MR) is 92.9 cm³/mol. The molecule has 1 unspecified atom stereocenters. The van der Waals surface area contributed by atoms with Gasteiger partial charge in [0.1, 0.15) is 5.75 Å². The van der Waals surface area contributed by atoms with Gasteiger partial charge in [0.25, 0.3) is 5.91 Å². The Morgan fingerprint density at radius 2 is 1.87 bits per heavy atom. The van der Waals surface area contributed by atoms with Gasteiger partial charge in [0.15, 0.2) is 6.10 Å². The summed E-state index contributed by atoms with van der Waals surface area (Å²) in [7, 11) is 0. The number of rotatable bonds is 3. The molecule has 0 saturated carbocycles. The number of amides is 1. The summed E-state index contributed by atoms with van der Waals surface area (Å²) in [4.78, 5) is 13.7. The standard InChI is InChI=1S/C19H15NO2S/c21-19(17-12-13-6-1-4-9-16(13)22-17)20-15-8-3-2-7-14(15)18-10-5-11-23-18/h1-11,17H,12H2,(H,20,21). The Morgan fingerprint density at radius 3 is 2.70 bits per heavy atom. The lowest BCUT2D eigenvalue weighted by Crippen LogP contribution is -2.31. The predicted octanol–water partition coefficient (Wildman–Crippen LogP) is 4.36. The summed E-state index contributed by atoms with van der Waals surface area (Å²) >= 11 is 1.66. The Bertz CT molecular complexity index is 817. The second-order valence-electron chi connectivity index (χ2n) is 5.43. The van der Waals surface area contributed by atoms with Gasteiger partial charge < -0.3 is 10.1 Å². The van der Waals surface area contributed by atoms with E-state index in [0.29, 0.717) is 6.42 Å². The molecule has 1 atom stereocenters. The Hall–Kier alpha value is -2.59. The van der Waals surface area contributed by atoms with Gasteiger partial charge in [-0.25, -0.2) is 0 Å². The van der Waals surface area contributed by atoms with Crippen LogP contribution in [0.1, 0.15) is 5.56 Å². The molecule has 4 heteroatoms. The summed E-state index contributed by atoms with van der Waals surface area (Å²) in [5.41, 5.74) is 2.94. The van der Waals surface area contributed by atoms with Crippen molar-refractivity contribution >= 4 is 22.9 Å². The number of para-hydroxylation sites is 2. The molecule has 1 aromatic heterocycles. The number of thiophene rings is 1. The van der Waals surface area contributed by atoms with Crippen molar-refractivity contribution in [1.29, 1.82) is 0 Å². The molecule has 2 heterocycles. The van der Waals surface area contributed by atoms with Crippen LogP contribution in [0.15, 0.2) is 66.0 Å². The van der Waals surface area contributed by atoms with Crippen molar-refractivity contribution in [2.45, 2.75) is 12.5 Å². The third-order valence-electron chi connectivity index (χ3n) is 3.91. The monoisotopic (exact) mass is 321 g/mol. The molecule has 2 aromatic carbocycles. The van der Waals surface area contributed by atoms with E-state index in [1.807, 2.05) is 60.0 Å². The zero-order chi connectivity index (χ0) is 15.6. The number of nitrogens with one attached hydrogen (secondary N) is 1. The molecular formula is C19H15NO2S. The maximum atomic E-state index is 12.6. The van der Waals surface area contributed by atoms with Crippen LogP contribution in [-0.4, -0.2) is 12.0 Å². The van der Waals surface area contributed by atoms with Crippen LogP contribution in [-0.2, 0) is 11.2 Å². The number of benzene rings is 2. The maximum absolute atomic E-state index is 12.6. The molecule has 1 N–H and O–H groups in total. The first-order chi connectivity index (χ1) is 11.3. The Morgan fingerprint density at radius 1 is 1.04 bits per heavy atom. The van der Waals surface area contributed by atoms with Crippen molar-refractivity contribution in [3.8, 4) is 16.2 Å². The smallest absolute Gasteiger partial charge is 0.265 e. The summed E-state index contributed by atoms with van der Waals surface area (Å²) in [5, 5.41) is 5.05. The van der Waals surface area contributed by atoms with Gasteiger partial charge in [0.05, 0.1) is 0 Å². The van der Waals surface area contributed by atoms with Crippen LogP contribution in [0.4, 0.5) is 5.69 Å². The lowest BCUT2D eigenvalue weighted by atomic mass is 10.1. The maximum Gasteiger partial charge on any atom is 0.265 e. The fourth-order valence-electron chi connectivity index (χ4n) is 2.78. The molecule has 0 bridgehead atoms. The normalized spacial score (nSPS) is 15.7. The van der Waals surface area contributed by atoms with Gasteiger partial charge in [-0.15, -0.1) is 11.3 Å². The average molecular weight is 321 g/mol. The second kappa shape index (κ2) is 5.89. The molecule has 0 saturated heterocycles. The van der Waals surface area contributed by atoms with Crippen LogP contribution in [0, 0.1) is 0 Å². The van der Waals surface area contributed by atoms with Gasteiger partial charge in [0, 0.05) is 22.5 Å². The highest BCUT2D eigenvalue weighted by Gasteiger charge is 2.29. The molecule has 1 amide bonds. The highest BCUT2D eigenvalue weighted by atomic mass is 32.1. The van der Waals surface area contributed by atoms with Crippen LogP contribution in [0.25, 0.3) is 10.4 Å². The Kier molecular flexibility index (Phi) is 3.60. The van der Waals surface area contributed by atoms with Crippen LogP contribution in [0.2, 0.25) is 0 Å². The number of fused-ring (bicyclic) bond motifs is 1. The van der Waals surface area contributed by atoms with E-state index in [-0.39, 0.29) is 5.91 Å². The molecule has 4 rings (SSSR count). The largest absolute Gasteiger partial charge is 0.480 e. The van der Waals surface area contributed by atoms with Crippen LogP contribution in [0.5, 0.6) is 5.75 Å². The molecule has 3 nitrogen and oxygen atoms in total. The molecule has 1 aliphatic heterocycles. The van der Waals surface area contributed by atoms with E-state index in [1.54, 1.807) is 11.3 Å². The van der Waals surface area contributed by atoms with E-state index >= 15 is 0 Å². The van der Waals surface area contributed by atoms with Crippen molar-refractivity contribution in [2.75, 3.05) is 5.32 Å². The molecular weight excluding hydrogens is 306 g/mol. The quantitative estimate of drug-likeness (QED) is 0.778. The third kappa shape index (κ3) is 2.73. The number of hydrogen-bond acceptors (Lipinski definition) is 3. The van der Waals surface area contributed by atoms with Crippen molar-refractivity contribution in [3.63, 3.8) is 0 Å². The van der Waals surface area contributed by atoms with Gasteiger partial charge >= 0.3 is 0 Å². The minimum Gasteiger partial charge on any atom is -0.480 e. The lowest BCUT2D eigenvalue weighted by Gasteiger charge is -2.14. The van der Waals surface area contributed by atoms with Gasteiger partial charge in [-0.2, -0.15) is 0 Å². The van der Waals surface area contributed by atoms with Crippen molar-refractivity contribution in [1.82, 2.24) is 0 Å². The first-order valence-electron chi connectivity index (χ1n) is 7.49. The van der Waals surface area contributed by atoms with E-state index in [1.165, 1.54) is 0 Å². The summed E-state index contributed by atoms with van der Waals surface area (Å²) in [6, 6.07) is 19.7. The van der Waals surface area contributed by atoms with Gasteiger partial charge in [-0.1, -0.05) is 42.5 Å². The number of hydrogen-bond donors (Lipinski definition) is 1. The molecule has 114 valence electrons. The fourth-order valence-corrected chi connectivity index (χ4v) is 3.55. The van der Waals surface area contributed by atoms with E-state index in [0.717, 1.165) is 27.4 Å². The minimum atomic E-state index is -0.469. The van der Waals surface area contributed by atoms with Gasteiger partial charge in [-0.3, -0.25) is 4.79 Å². The Balaban J connectivity index is 1.55. The van der Waals surface area contributed by atoms with E-state index in [4.69, 9.17) is 4.74 Å². The van der Waals surface area contributed by atoms with Crippen molar-refractivity contribution in [3.05, 3.63) is 71.6 Å². The summed E-state index contributed by atoms with van der Waals surface area (Å²) < 4.78 is 5.76. The average Bonchev–Trinajstić information content (AvgIpc) is 3.25. The van der Waals surface area contributed by atoms with Gasteiger partial charge in [-0.05, 0) is 29.1 Å². The van der Waals surface area contributed by atoms with Crippen molar-refractivity contribution in [2.24, 2.45) is 0 Å². The van der Waals surface area contributed by atoms with Crippen LogP contribution < -0.4 is 10.1 Å². The topological polar surface area (TPSA) is 38.3 Å². The molecule has 0 spiro atoms. The summed E-state index contributed by atoms with van der Waals surface area (Å²) in [5.74, 6) is 0.699. The number of carbonyl (C=O) groups excluding carboxylic acids is 1. The first-order valence-corrected chi connectivity index (χ1v) is 8.37. The molecule has 0 fully saturated rings. The fraction of sp³-hybridized carbons (Fsp3) is 0.105. The number of carbonyl (C=O) groups is 1. The zero-order valence-electron chi connectivity index (χ0n) is 12.4. The van der Waals surface area contributed by atoms with Crippen LogP contribution in [0.3, 0.4) is 0 Å². The number of ether oxygens (including phenoxy) is 1. The molecule has 1 aliphatic rings. The lowest BCUT2D eigenvalue weighted by molar-refractivity contribution is -0.122. The molecule has 3 aromatic rings. The second-order valence-corrected chi connectivity index (χ2v) is 6.38. The molecule has 0 aliphatic carbocycles. The van der Waals surface area contributed by atoms with Crippen LogP contribution >= 0.6 is 11.3 Å². The summed E-state index contributed by atoms with van der Waals surface area (Å²) in [6.07, 6.45) is 0.146. The van der Waals surface area contributed by atoms with E-state index < -0.39 is 6.10 Å². The molecule has 0 radical (unpaired) electrons. The van der Waals surface area contributed by atoms with E-state index in [2.05, 4.69) is 11.4 Å². The third-order valence-corrected chi connectivity index (χ3v) is 4.81. The molecule has 23 heavy (non-hydrogen) atoms. The highest BCUT2D eigenvalue weighted by Crippen LogP contribution is 2.33. The van der Waals surface area contributed by atoms with Crippen molar-refractivity contribution < 1.29 is 9.53 Å². The minimum absolute atomic E-state index is 0.106. The summed E-state index contributed by atoms with van der Waals surface area (Å²) in [6.45, 7) is 0. The van der Waals surface area contributed by atoms with Gasteiger partial charge in [0.2, 0.25) is 0 Å². The van der Waals surface area contributed by atoms with E-state index in [9.17, 15) is 4.79 Å². The zero-order valence-corrected chi connectivity index (χ0v) is 13.2. The first kappa shape index (κ1) is 14.0. The Labute approximate surface area is 138 Å².